The van der Waals surface area contributed by atoms with Crippen molar-refractivity contribution < 1.29 is 23.5 Å². The Morgan fingerprint density at radius 3 is 2.77 bits per heavy atom. The number of hydrogen-bond donors (Lipinski definition) is 3. The molecule has 0 aliphatic rings. The lowest BCUT2D eigenvalue weighted by Crippen LogP contribution is -2.42. The number of benzene rings is 1. The molecule has 9 nitrogen and oxygen atoms in total. The molecule has 3 N–H and O–H groups in total. The molecule has 180 valence electrons. The number of aromatic nitrogens is 5. The van der Waals surface area contributed by atoms with Crippen LogP contribution in [0, 0.1) is 0 Å². The first-order chi connectivity index (χ1) is 16.8. The van der Waals surface area contributed by atoms with Crippen LogP contribution >= 0.6 is 11.6 Å². The minimum atomic E-state index is -3.26. The lowest BCUT2D eigenvalue weighted by molar-refractivity contribution is -0.898. The topological polar surface area (TPSA) is 109 Å². The minimum Gasteiger partial charge on any atom is -0.352 e. The summed E-state index contributed by atoms with van der Waals surface area (Å²) in [5.41, 5.74) is 1.22. The number of carbonyl (C=O) groups is 1. The number of hydrogen-bond acceptors (Lipinski definition) is 6. The summed E-state index contributed by atoms with van der Waals surface area (Å²) in [4.78, 5) is 20.2. The van der Waals surface area contributed by atoms with Gasteiger partial charge in [0.25, 0.3) is 0 Å². The van der Waals surface area contributed by atoms with Crippen molar-refractivity contribution >= 4 is 23.3 Å². The summed E-state index contributed by atoms with van der Waals surface area (Å²) in [6.07, 6.45) is 4.01. The maximum atomic E-state index is 14.4. The second kappa shape index (κ2) is 10.4. The van der Waals surface area contributed by atoms with Gasteiger partial charge in [-0.25, -0.2) is 9.67 Å². The third kappa shape index (κ3) is 5.87. The highest BCUT2D eigenvalue weighted by Gasteiger charge is 2.36. The van der Waals surface area contributed by atoms with E-state index in [9.17, 15) is 18.8 Å². The van der Waals surface area contributed by atoms with Gasteiger partial charge in [-0.05, 0) is 52.8 Å². The summed E-state index contributed by atoms with van der Waals surface area (Å²) in [5.74, 6) is -3.65. The molecule has 1 aromatic carbocycles. The molecule has 0 fully saturated rings. The molecule has 0 saturated heterocycles. The van der Waals surface area contributed by atoms with Crippen LogP contribution in [0.2, 0.25) is 5.02 Å². The van der Waals surface area contributed by atoms with E-state index >= 15 is 0 Å². The van der Waals surface area contributed by atoms with E-state index in [4.69, 9.17) is 11.6 Å². The zero-order valence-electron chi connectivity index (χ0n) is 18.3. The molecule has 0 saturated carbocycles. The number of pyridine rings is 2. The average molecular weight is 501 g/mol. The predicted octanol–water partition coefficient (Wildman–Crippen LogP) is 2.90. The van der Waals surface area contributed by atoms with Crippen molar-refractivity contribution in [1.29, 1.82) is 0 Å². The molecule has 3 heterocycles. The monoisotopic (exact) mass is 500 g/mol. The molecule has 0 aliphatic carbocycles. The van der Waals surface area contributed by atoms with Crippen molar-refractivity contribution in [3.8, 4) is 5.69 Å². The predicted molar refractivity (Wildman–Crippen MR) is 122 cm³/mol. The molecule has 4 rings (SSSR count). The number of carbonyl (C=O) groups excluding carboxylic acids is 1. The molecule has 0 atom stereocenters. The quantitative estimate of drug-likeness (QED) is 0.241. The van der Waals surface area contributed by atoms with Crippen LogP contribution in [0.3, 0.4) is 0 Å². The van der Waals surface area contributed by atoms with Crippen molar-refractivity contribution in [2.45, 2.75) is 18.9 Å². The molecule has 4 aromatic rings. The fourth-order valence-electron chi connectivity index (χ4n) is 3.36. The fourth-order valence-corrected chi connectivity index (χ4v) is 3.55. The van der Waals surface area contributed by atoms with Gasteiger partial charge in [-0.15, -0.1) is 0 Å². The summed E-state index contributed by atoms with van der Waals surface area (Å²) < 4.78 is 31.0. The SMILES string of the molecule is O=C(Cc1cccc(NCC(F)(F)c2ccccn2)[n+]1O)NCc1cc(Cl)ccc1-n1cncn1. The van der Waals surface area contributed by atoms with E-state index in [1.54, 1.807) is 35.0 Å². The van der Waals surface area contributed by atoms with Crippen LogP contribution in [0.1, 0.15) is 17.0 Å². The van der Waals surface area contributed by atoms with E-state index in [1.807, 2.05) is 0 Å². The van der Waals surface area contributed by atoms with Crippen LogP contribution < -0.4 is 15.4 Å². The van der Waals surface area contributed by atoms with E-state index in [2.05, 4.69) is 25.7 Å². The van der Waals surface area contributed by atoms with E-state index in [0.717, 1.165) is 0 Å². The average Bonchev–Trinajstić information content (AvgIpc) is 3.39. The van der Waals surface area contributed by atoms with Crippen molar-refractivity contribution in [2.24, 2.45) is 0 Å². The van der Waals surface area contributed by atoms with Crippen molar-refractivity contribution in [3.05, 3.63) is 95.4 Å². The van der Waals surface area contributed by atoms with Crippen LogP contribution in [-0.2, 0) is 23.7 Å². The summed E-state index contributed by atoms with van der Waals surface area (Å²) in [6, 6.07) is 13.9. The summed E-state index contributed by atoms with van der Waals surface area (Å²) in [6.45, 7) is -0.645. The summed E-state index contributed by atoms with van der Waals surface area (Å²) in [7, 11) is 0. The fraction of sp³-hybridized carbons (Fsp3) is 0.174. The molecular weight excluding hydrogens is 480 g/mol. The highest BCUT2D eigenvalue weighted by Crippen LogP contribution is 2.26. The number of rotatable bonds is 9. The highest BCUT2D eigenvalue weighted by atomic mass is 35.5. The van der Waals surface area contributed by atoms with E-state index in [1.165, 1.54) is 43.1 Å². The van der Waals surface area contributed by atoms with E-state index in [-0.39, 0.29) is 24.5 Å². The van der Waals surface area contributed by atoms with Gasteiger partial charge in [0.05, 0.1) is 12.1 Å². The molecule has 3 aromatic heterocycles. The first-order valence-corrected chi connectivity index (χ1v) is 10.9. The lowest BCUT2D eigenvalue weighted by Gasteiger charge is -2.14. The lowest BCUT2D eigenvalue weighted by atomic mass is 10.1. The number of nitrogens with zero attached hydrogens (tertiary/aromatic N) is 5. The minimum absolute atomic E-state index is 0.00853. The maximum absolute atomic E-state index is 14.4. The van der Waals surface area contributed by atoms with Crippen molar-refractivity contribution in [1.82, 2.24) is 25.1 Å². The number of amides is 1. The molecular formula is C23H21ClF2N7O2+. The highest BCUT2D eigenvalue weighted by molar-refractivity contribution is 6.30. The maximum Gasteiger partial charge on any atom is 0.325 e. The van der Waals surface area contributed by atoms with Gasteiger partial charge < -0.3 is 10.5 Å². The normalized spacial score (nSPS) is 11.3. The molecule has 0 aliphatic heterocycles. The smallest absolute Gasteiger partial charge is 0.325 e. The Bertz CT molecular complexity index is 1300. The Balaban J connectivity index is 1.40. The second-order valence-corrected chi connectivity index (χ2v) is 7.99. The van der Waals surface area contributed by atoms with Crippen LogP contribution in [0.4, 0.5) is 14.6 Å². The Morgan fingerprint density at radius 1 is 1.17 bits per heavy atom. The second-order valence-electron chi connectivity index (χ2n) is 7.55. The Labute approximate surface area is 204 Å². The first-order valence-electron chi connectivity index (χ1n) is 10.5. The van der Waals surface area contributed by atoms with Crippen LogP contribution in [0.25, 0.3) is 5.69 Å². The molecule has 12 heteroatoms. The van der Waals surface area contributed by atoms with Crippen LogP contribution in [0.5, 0.6) is 0 Å². The molecule has 0 radical (unpaired) electrons. The third-order valence-corrected chi connectivity index (χ3v) is 5.33. The zero-order chi connectivity index (χ0) is 24.8. The molecule has 0 unspecified atom stereocenters. The van der Waals surface area contributed by atoms with Gasteiger partial charge in [0.15, 0.2) is 12.2 Å². The van der Waals surface area contributed by atoms with E-state index < -0.39 is 24.1 Å². The molecule has 35 heavy (non-hydrogen) atoms. The summed E-state index contributed by atoms with van der Waals surface area (Å²) >= 11 is 6.10. The van der Waals surface area contributed by atoms with Gasteiger partial charge in [-0.2, -0.15) is 13.9 Å². The van der Waals surface area contributed by atoms with E-state index in [0.29, 0.717) is 21.0 Å². The van der Waals surface area contributed by atoms with Gasteiger partial charge in [-0.3, -0.25) is 15.1 Å². The Kier molecular flexibility index (Phi) is 7.16. The van der Waals surface area contributed by atoms with Gasteiger partial charge in [-0.1, -0.05) is 17.7 Å². The Hall–Kier alpha value is -4.12. The number of alkyl halides is 2. The van der Waals surface area contributed by atoms with Gasteiger partial charge in [0.1, 0.15) is 18.3 Å². The van der Waals surface area contributed by atoms with Crippen molar-refractivity contribution in [3.63, 3.8) is 0 Å². The number of halogens is 3. The van der Waals surface area contributed by atoms with Crippen LogP contribution in [0.15, 0.2) is 73.4 Å². The number of nitrogens with one attached hydrogen (secondary N) is 2. The molecule has 1 amide bonds. The first kappa shape index (κ1) is 24.0. The van der Waals surface area contributed by atoms with Crippen molar-refractivity contribution in [2.75, 3.05) is 11.9 Å². The summed E-state index contributed by atoms with van der Waals surface area (Å²) in [5, 5.41) is 20.3. The molecule has 0 spiro atoms. The third-order valence-electron chi connectivity index (χ3n) is 5.10. The molecule has 0 bridgehead atoms. The van der Waals surface area contributed by atoms with Gasteiger partial charge in [0, 0.05) is 23.8 Å². The largest absolute Gasteiger partial charge is 0.352 e. The van der Waals surface area contributed by atoms with Gasteiger partial charge >= 0.3 is 11.7 Å². The standard InChI is InChI=1S/C23H20ClF2N7O2/c24-17-7-8-19(32-15-27-14-31-32)16(10-17)12-29-22(34)11-18-4-3-6-21(33(18)35)30-13-23(25,26)20-5-1-2-9-28-20/h1-10,14-15,35H,11-13H2,(H,29,34)/p+1. The van der Waals surface area contributed by atoms with Gasteiger partial charge in [0.2, 0.25) is 5.91 Å². The zero-order valence-corrected chi connectivity index (χ0v) is 19.0. The van der Waals surface area contributed by atoms with Crippen LogP contribution in [-0.4, -0.2) is 37.4 Å². The Morgan fingerprint density at radius 2 is 2.03 bits per heavy atom. The number of anilines is 1.